The van der Waals surface area contributed by atoms with E-state index in [2.05, 4.69) is 8.53 Å². The van der Waals surface area contributed by atoms with E-state index in [4.69, 9.17) is 0 Å². The van der Waals surface area contributed by atoms with E-state index in [1.165, 1.54) is 11.9 Å². The molecule has 1 unspecified atom stereocenters. The Labute approximate surface area is 62.2 Å². The third kappa shape index (κ3) is 3.66. The van der Waals surface area contributed by atoms with Crippen molar-refractivity contribution in [2.24, 2.45) is 4.40 Å². The summed E-state index contributed by atoms with van der Waals surface area (Å²) in [6, 6.07) is 0. The highest BCUT2D eigenvalue weighted by Gasteiger charge is 2.06. The molecule has 0 bridgehead atoms. The fraction of sp³-hybridized carbons (Fsp3) is 0.750. The average Bonchev–Trinajstić information content (AvgIpc) is 2.20. The van der Waals surface area contributed by atoms with E-state index in [-0.39, 0.29) is 0 Å². The van der Waals surface area contributed by atoms with Gasteiger partial charge >= 0.3 is 0 Å². The molecule has 1 heterocycles. The van der Waals surface area contributed by atoms with Gasteiger partial charge in [-0.1, -0.05) is 13.8 Å². The lowest BCUT2D eigenvalue weighted by Gasteiger charge is -1.77. The molecule has 3 nitrogen and oxygen atoms in total. The molecule has 1 atom stereocenters. The predicted octanol–water partition coefficient (Wildman–Crippen LogP) is 1.26. The van der Waals surface area contributed by atoms with E-state index in [9.17, 15) is 4.21 Å². The predicted molar refractivity (Wildman–Crippen MR) is 43.3 cm³/mol. The van der Waals surface area contributed by atoms with Crippen molar-refractivity contribution in [3.63, 3.8) is 0 Å². The van der Waals surface area contributed by atoms with Crippen LogP contribution in [0.3, 0.4) is 0 Å². The van der Waals surface area contributed by atoms with E-state index in [1.807, 2.05) is 20.8 Å². The summed E-state index contributed by atoms with van der Waals surface area (Å²) in [6.07, 6.45) is 0. The Bertz CT molecular complexity index is 135. The zero-order valence-electron chi connectivity index (χ0n) is 5.67. The summed E-state index contributed by atoms with van der Waals surface area (Å²) in [5.41, 5.74) is 0. The SMILES string of the molecule is CC.CC1=NS(=O)NS1. The summed E-state index contributed by atoms with van der Waals surface area (Å²) < 4.78 is 16.4. The highest BCUT2D eigenvalue weighted by atomic mass is 32.3. The van der Waals surface area contributed by atoms with Crippen molar-refractivity contribution in [1.82, 2.24) is 4.13 Å². The zero-order chi connectivity index (χ0) is 7.28. The van der Waals surface area contributed by atoms with Gasteiger partial charge in [-0.15, -0.1) is 0 Å². The number of hydrogen-bond acceptors (Lipinski definition) is 2. The van der Waals surface area contributed by atoms with E-state index >= 15 is 0 Å². The molecule has 0 amide bonds. The van der Waals surface area contributed by atoms with Crippen LogP contribution >= 0.6 is 11.9 Å². The van der Waals surface area contributed by atoms with Gasteiger partial charge in [0.15, 0.2) is 0 Å². The maximum Gasteiger partial charge on any atom is 0.227 e. The maximum atomic E-state index is 10.2. The van der Waals surface area contributed by atoms with Crippen LogP contribution in [0.2, 0.25) is 0 Å². The molecule has 9 heavy (non-hydrogen) atoms. The van der Waals surface area contributed by atoms with Gasteiger partial charge in [-0.2, -0.15) is 8.53 Å². The molecule has 1 N–H and O–H groups in total. The van der Waals surface area contributed by atoms with Crippen molar-refractivity contribution in [2.45, 2.75) is 20.8 Å². The molecule has 0 aromatic heterocycles. The maximum absolute atomic E-state index is 10.2. The van der Waals surface area contributed by atoms with Crippen LogP contribution in [0.25, 0.3) is 0 Å². The van der Waals surface area contributed by atoms with Crippen LogP contribution in [-0.4, -0.2) is 9.25 Å². The van der Waals surface area contributed by atoms with E-state index < -0.39 is 11.2 Å². The van der Waals surface area contributed by atoms with Gasteiger partial charge in [0, 0.05) is 0 Å². The van der Waals surface area contributed by atoms with Gasteiger partial charge in [-0.3, -0.25) is 0 Å². The number of nitrogens with one attached hydrogen (secondary N) is 1. The highest BCUT2D eigenvalue weighted by Crippen LogP contribution is 2.07. The third-order valence-corrected chi connectivity index (χ3v) is 2.32. The first-order chi connectivity index (χ1) is 4.29. The molecule has 54 valence electrons. The minimum Gasteiger partial charge on any atom is -0.216 e. The molecule has 0 aromatic rings. The molecule has 1 rings (SSSR count). The summed E-state index contributed by atoms with van der Waals surface area (Å²) in [5.74, 6) is 0. The smallest absolute Gasteiger partial charge is 0.216 e. The van der Waals surface area contributed by atoms with Crippen LogP contribution in [0.5, 0.6) is 0 Å². The van der Waals surface area contributed by atoms with Crippen molar-refractivity contribution in [3.05, 3.63) is 0 Å². The number of nitrogens with zero attached hydrogens (tertiary/aromatic N) is 1. The van der Waals surface area contributed by atoms with E-state index in [0.29, 0.717) is 0 Å². The Balaban J connectivity index is 0.000000291. The standard InChI is InChI=1S/C2H4N2OS2.C2H6/c1-2-3-7(5)4-6-2;1-2/h4H,1H3;1-2H3. The number of rotatable bonds is 0. The molecule has 0 saturated carbocycles. The van der Waals surface area contributed by atoms with Gasteiger partial charge in [-0.05, 0) is 18.9 Å². The molecule has 0 saturated heterocycles. The lowest BCUT2D eigenvalue weighted by molar-refractivity contribution is 0.684. The van der Waals surface area contributed by atoms with Crippen molar-refractivity contribution < 1.29 is 4.21 Å². The van der Waals surface area contributed by atoms with Gasteiger partial charge in [0.1, 0.15) is 0 Å². The van der Waals surface area contributed by atoms with Crippen molar-refractivity contribution in [1.29, 1.82) is 0 Å². The van der Waals surface area contributed by atoms with Crippen LogP contribution in [0, 0.1) is 0 Å². The molecule has 1 aliphatic heterocycles. The Morgan fingerprint density at radius 3 is 2.33 bits per heavy atom. The first kappa shape index (κ1) is 9.13. The molecular weight excluding hydrogens is 156 g/mol. The third-order valence-electron chi connectivity index (χ3n) is 0.472. The van der Waals surface area contributed by atoms with Gasteiger partial charge in [-0.25, -0.2) is 4.21 Å². The Hall–Kier alpha value is 0.130. The minimum atomic E-state index is -1.15. The first-order valence-electron chi connectivity index (χ1n) is 2.69. The molecule has 1 aliphatic rings. The Kier molecular flexibility index (Phi) is 5.03. The second-order valence-corrected chi connectivity index (χ2v) is 3.19. The second-order valence-electron chi connectivity index (χ2n) is 1.04. The molecule has 0 fully saturated rings. The molecule has 0 aromatic carbocycles. The zero-order valence-corrected chi connectivity index (χ0v) is 7.30. The fourth-order valence-electron chi connectivity index (χ4n) is 0.250. The number of hydrogen-bond donors (Lipinski definition) is 1. The van der Waals surface area contributed by atoms with Crippen molar-refractivity contribution in [3.8, 4) is 0 Å². The van der Waals surface area contributed by atoms with E-state index in [0.717, 1.165) is 5.04 Å². The van der Waals surface area contributed by atoms with Crippen molar-refractivity contribution in [2.75, 3.05) is 0 Å². The summed E-state index contributed by atoms with van der Waals surface area (Å²) in [6.45, 7) is 5.81. The fourth-order valence-corrected chi connectivity index (χ4v) is 1.75. The van der Waals surface area contributed by atoms with Crippen LogP contribution in [0.4, 0.5) is 0 Å². The van der Waals surface area contributed by atoms with Crippen LogP contribution < -0.4 is 4.13 Å². The molecule has 0 radical (unpaired) electrons. The van der Waals surface area contributed by atoms with Crippen LogP contribution in [0.15, 0.2) is 4.40 Å². The average molecular weight is 166 g/mol. The first-order valence-corrected chi connectivity index (χ1v) is 4.61. The topological polar surface area (TPSA) is 41.5 Å². The summed E-state index contributed by atoms with van der Waals surface area (Å²) in [5, 5.41) is 0.832. The molecule has 0 aliphatic carbocycles. The van der Waals surface area contributed by atoms with Gasteiger partial charge < -0.3 is 0 Å². The van der Waals surface area contributed by atoms with Crippen LogP contribution in [-0.2, 0) is 11.2 Å². The summed E-state index contributed by atoms with van der Waals surface area (Å²) >= 11 is 0.153. The van der Waals surface area contributed by atoms with E-state index in [1.54, 1.807) is 0 Å². The lowest BCUT2D eigenvalue weighted by Crippen LogP contribution is -1.96. The lowest BCUT2D eigenvalue weighted by atomic mass is 10.9. The molecular formula is C4H10N2OS2. The largest absolute Gasteiger partial charge is 0.227 e. The summed E-state index contributed by atoms with van der Waals surface area (Å²) in [7, 11) is 0. The highest BCUT2D eigenvalue weighted by molar-refractivity contribution is 8.20. The normalized spacial score (nSPS) is 24.3. The minimum absolute atomic E-state index is 0.832. The monoisotopic (exact) mass is 166 g/mol. The van der Waals surface area contributed by atoms with Gasteiger partial charge in [0.05, 0.1) is 5.04 Å². The quantitative estimate of drug-likeness (QED) is 0.550. The molecule has 0 spiro atoms. The Morgan fingerprint density at radius 2 is 2.22 bits per heavy atom. The Morgan fingerprint density at radius 1 is 1.67 bits per heavy atom. The summed E-state index contributed by atoms with van der Waals surface area (Å²) in [4.78, 5) is 0. The van der Waals surface area contributed by atoms with Gasteiger partial charge in [0.25, 0.3) is 0 Å². The van der Waals surface area contributed by atoms with Gasteiger partial charge in [0.2, 0.25) is 11.2 Å². The second kappa shape index (κ2) is 4.96. The van der Waals surface area contributed by atoms with Crippen LogP contribution in [0.1, 0.15) is 20.8 Å². The van der Waals surface area contributed by atoms with Crippen molar-refractivity contribution >= 4 is 28.2 Å². The molecule has 5 heteroatoms.